The van der Waals surface area contributed by atoms with E-state index in [-0.39, 0.29) is 17.2 Å². The molecule has 12 heavy (non-hydrogen) atoms. The summed E-state index contributed by atoms with van der Waals surface area (Å²) in [5, 5.41) is 8.89. The first-order valence-corrected chi connectivity index (χ1v) is 4.75. The normalized spacial score (nSPS) is 16.1. The van der Waals surface area contributed by atoms with Crippen LogP contribution in [0.2, 0.25) is 0 Å². The van der Waals surface area contributed by atoms with Crippen molar-refractivity contribution in [2.45, 2.75) is 39.0 Å². The lowest BCUT2D eigenvalue weighted by atomic mass is 9.91. The Bertz CT molecular complexity index is 143. The summed E-state index contributed by atoms with van der Waals surface area (Å²) in [5.41, 5.74) is 0. The van der Waals surface area contributed by atoms with E-state index in [2.05, 4.69) is 0 Å². The van der Waals surface area contributed by atoms with E-state index in [0.717, 1.165) is 6.42 Å². The van der Waals surface area contributed by atoms with Crippen molar-refractivity contribution in [2.24, 2.45) is 11.8 Å². The van der Waals surface area contributed by atoms with E-state index in [1.807, 2.05) is 20.8 Å². The molecule has 2 atom stereocenters. The molecular weight excluding hydrogens is 176 g/mol. The second-order valence-electron chi connectivity index (χ2n) is 3.55. The van der Waals surface area contributed by atoms with E-state index >= 15 is 0 Å². The van der Waals surface area contributed by atoms with Crippen LogP contribution in [0.4, 0.5) is 0 Å². The van der Waals surface area contributed by atoms with Gasteiger partial charge >= 0.3 is 5.97 Å². The zero-order valence-electron chi connectivity index (χ0n) is 7.88. The van der Waals surface area contributed by atoms with E-state index in [1.54, 1.807) is 0 Å². The summed E-state index contributed by atoms with van der Waals surface area (Å²) in [5.74, 6) is -0.758. The van der Waals surface area contributed by atoms with Gasteiger partial charge < -0.3 is 5.11 Å². The summed E-state index contributed by atoms with van der Waals surface area (Å²) in [7, 11) is 0. The average molecular weight is 193 g/mol. The fourth-order valence-corrected chi connectivity index (χ4v) is 1.28. The predicted octanol–water partition coefficient (Wildman–Crippen LogP) is 2.75. The molecule has 0 saturated heterocycles. The van der Waals surface area contributed by atoms with Gasteiger partial charge in [-0.2, -0.15) is 0 Å². The van der Waals surface area contributed by atoms with Gasteiger partial charge in [-0.25, -0.2) is 0 Å². The molecule has 0 radical (unpaired) electrons. The lowest BCUT2D eigenvalue weighted by Crippen LogP contribution is -2.20. The Balaban J connectivity index is 3.88. The number of hydrogen-bond donors (Lipinski definition) is 1. The Labute approximate surface area is 78.9 Å². The van der Waals surface area contributed by atoms with Crippen molar-refractivity contribution >= 4 is 17.6 Å². The maximum Gasteiger partial charge on any atom is 0.306 e. The Morgan fingerprint density at radius 3 is 2.08 bits per heavy atom. The van der Waals surface area contributed by atoms with Gasteiger partial charge in [-0.1, -0.05) is 13.8 Å². The highest BCUT2D eigenvalue weighted by Gasteiger charge is 2.21. The zero-order valence-corrected chi connectivity index (χ0v) is 8.64. The second kappa shape index (κ2) is 5.41. The Morgan fingerprint density at radius 1 is 1.33 bits per heavy atom. The fraction of sp³-hybridized carbons (Fsp3) is 0.889. The monoisotopic (exact) mass is 192 g/mol. The molecule has 0 aliphatic heterocycles. The van der Waals surface area contributed by atoms with E-state index in [4.69, 9.17) is 16.7 Å². The van der Waals surface area contributed by atoms with Gasteiger partial charge in [0.1, 0.15) is 0 Å². The molecule has 0 amide bonds. The maximum atomic E-state index is 10.7. The van der Waals surface area contributed by atoms with E-state index in [9.17, 15) is 4.79 Å². The molecule has 2 nitrogen and oxygen atoms in total. The fourth-order valence-electron chi connectivity index (χ4n) is 1.15. The van der Waals surface area contributed by atoms with Crippen molar-refractivity contribution in [3.8, 4) is 0 Å². The molecule has 0 fully saturated rings. The highest BCUT2D eigenvalue weighted by Crippen LogP contribution is 2.19. The summed E-state index contributed by atoms with van der Waals surface area (Å²) in [6.45, 7) is 5.75. The molecule has 0 aliphatic carbocycles. The first kappa shape index (κ1) is 11.8. The van der Waals surface area contributed by atoms with Gasteiger partial charge in [0.2, 0.25) is 0 Å². The number of aliphatic carboxylic acids is 1. The minimum atomic E-state index is -0.706. The molecule has 0 bridgehead atoms. The average Bonchev–Trinajstić information content (AvgIpc) is 1.84. The molecule has 2 unspecified atom stereocenters. The lowest BCUT2D eigenvalue weighted by Gasteiger charge is -2.16. The number of halogens is 1. The third kappa shape index (κ3) is 4.60. The topological polar surface area (TPSA) is 37.3 Å². The van der Waals surface area contributed by atoms with Gasteiger partial charge in [0.05, 0.1) is 5.92 Å². The van der Waals surface area contributed by atoms with E-state index in [0.29, 0.717) is 6.42 Å². The molecule has 1 N–H and O–H groups in total. The molecular formula is C9H17ClO2. The molecule has 0 rings (SSSR count). The standard InChI is InChI=1S/C9H17ClO2/c1-6(2)8(9(11)12)5-4-7(3)10/h6-8H,4-5H2,1-3H3,(H,11,12). The molecule has 72 valence electrons. The molecule has 0 saturated carbocycles. The molecule has 3 heteroatoms. The number of carbonyl (C=O) groups is 1. The van der Waals surface area contributed by atoms with Crippen LogP contribution in [0.25, 0.3) is 0 Å². The first-order valence-electron chi connectivity index (χ1n) is 4.32. The van der Waals surface area contributed by atoms with Crippen LogP contribution < -0.4 is 0 Å². The van der Waals surface area contributed by atoms with Crippen LogP contribution in [0, 0.1) is 11.8 Å². The third-order valence-corrected chi connectivity index (χ3v) is 2.22. The number of hydrogen-bond acceptors (Lipinski definition) is 1. The predicted molar refractivity (Wildman–Crippen MR) is 50.5 cm³/mol. The van der Waals surface area contributed by atoms with Crippen LogP contribution >= 0.6 is 11.6 Å². The molecule has 0 aromatic carbocycles. The van der Waals surface area contributed by atoms with Crippen molar-refractivity contribution in [3.05, 3.63) is 0 Å². The summed E-state index contributed by atoms with van der Waals surface area (Å²) in [6.07, 6.45) is 1.45. The number of rotatable bonds is 5. The van der Waals surface area contributed by atoms with Crippen LogP contribution in [0.5, 0.6) is 0 Å². The minimum Gasteiger partial charge on any atom is -0.481 e. The van der Waals surface area contributed by atoms with E-state index < -0.39 is 5.97 Å². The largest absolute Gasteiger partial charge is 0.481 e. The summed E-state index contributed by atoms with van der Waals surface area (Å²) in [4.78, 5) is 10.7. The zero-order chi connectivity index (χ0) is 9.72. The van der Waals surface area contributed by atoms with Gasteiger partial charge in [0.25, 0.3) is 0 Å². The van der Waals surface area contributed by atoms with Crippen molar-refractivity contribution in [3.63, 3.8) is 0 Å². The van der Waals surface area contributed by atoms with Crippen LogP contribution in [-0.4, -0.2) is 16.5 Å². The van der Waals surface area contributed by atoms with Gasteiger partial charge in [-0.05, 0) is 25.7 Å². The van der Waals surface area contributed by atoms with Crippen LogP contribution in [0.3, 0.4) is 0 Å². The summed E-state index contributed by atoms with van der Waals surface area (Å²) < 4.78 is 0. The Kier molecular flexibility index (Phi) is 5.31. The molecule has 0 heterocycles. The smallest absolute Gasteiger partial charge is 0.306 e. The summed E-state index contributed by atoms with van der Waals surface area (Å²) >= 11 is 5.74. The van der Waals surface area contributed by atoms with Crippen molar-refractivity contribution in [1.82, 2.24) is 0 Å². The van der Waals surface area contributed by atoms with Gasteiger partial charge in [0, 0.05) is 5.38 Å². The van der Waals surface area contributed by atoms with Crippen LogP contribution in [0.15, 0.2) is 0 Å². The van der Waals surface area contributed by atoms with Crippen molar-refractivity contribution in [2.75, 3.05) is 0 Å². The minimum absolute atomic E-state index is 0.0746. The molecule has 0 spiro atoms. The summed E-state index contributed by atoms with van der Waals surface area (Å²) in [6, 6.07) is 0. The number of carboxylic acids is 1. The van der Waals surface area contributed by atoms with Crippen LogP contribution in [-0.2, 0) is 4.79 Å². The van der Waals surface area contributed by atoms with Crippen LogP contribution in [0.1, 0.15) is 33.6 Å². The second-order valence-corrected chi connectivity index (χ2v) is 4.29. The van der Waals surface area contributed by atoms with Gasteiger partial charge in [0.15, 0.2) is 0 Å². The van der Waals surface area contributed by atoms with Crippen molar-refractivity contribution < 1.29 is 9.90 Å². The quantitative estimate of drug-likeness (QED) is 0.681. The molecule has 0 aliphatic rings. The highest BCUT2D eigenvalue weighted by atomic mass is 35.5. The Hall–Kier alpha value is -0.240. The highest BCUT2D eigenvalue weighted by molar-refractivity contribution is 6.20. The molecule has 0 aromatic heterocycles. The SMILES string of the molecule is CC(Cl)CCC(C(=O)O)C(C)C. The van der Waals surface area contributed by atoms with Gasteiger partial charge in [-0.15, -0.1) is 11.6 Å². The molecule has 0 aromatic rings. The number of carboxylic acid groups (broad SMARTS) is 1. The maximum absolute atomic E-state index is 10.7. The third-order valence-electron chi connectivity index (χ3n) is 2.00. The Morgan fingerprint density at radius 2 is 1.83 bits per heavy atom. The van der Waals surface area contributed by atoms with E-state index in [1.165, 1.54) is 0 Å². The van der Waals surface area contributed by atoms with Gasteiger partial charge in [-0.3, -0.25) is 4.79 Å². The van der Waals surface area contributed by atoms with Crippen molar-refractivity contribution in [1.29, 1.82) is 0 Å². The lowest BCUT2D eigenvalue weighted by molar-refractivity contribution is -0.143. The first-order chi connectivity index (χ1) is 5.45. The number of alkyl halides is 1.